The standard InChI is InChI=1S/C27H26N2O6/c1-16-10-8-9-13-19(16)28-26(30)21-22(18-14-15-20(32-2)24(34-4)23(18)33-3)29(35-25(21)27(28)31)17-11-6-5-7-12-17/h5-15,21-22,25H,1-4H3/t21-,22+,25-/m0/s1. The molecule has 2 aliphatic heterocycles. The van der Waals surface area contributed by atoms with Gasteiger partial charge in [-0.2, -0.15) is 0 Å². The van der Waals surface area contributed by atoms with Crippen molar-refractivity contribution >= 4 is 23.2 Å². The lowest BCUT2D eigenvalue weighted by atomic mass is 9.89. The Morgan fingerprint density at radius 3 is 2.11 bits per heavy atom. The SMILES string of the molecule is COc1ccc([C@@H]2[C@@H]3C(=O)N(c4ccccc4C)C(=O)[C@H]3ON2c2ccccc2)c(OC)c1OC. The molecule has 180 valence electrons. The predicted molar refractivity (Wildman–Crippen MR) is 130 cm³/mol. The van der Waals surface area contributed by atoms with E-state index in [9.17, 15) is 9.59 Å². The van der Waals surface area contributed by atoms with Gasteiger partial charge in [0.25, 0.3) is 5.91 Å². The Morgan fingerprint density at radius 2 is 1.46 bits per heavy atom. The first-order chi connectivity index (χ1) is 17.0. The number of hydroxylamine groups is 1. The zero-order valence-electron chi connectivity index (χ0n) is 19.9. The molecule has 0 bridgehead atoms. The molecule has 0 aromatic heterocycles. The monoisotopic (exact) mass is 474 g/mol. The summed E-state index contributed by atoms with van der Waals surface area (Å²) in [6.45, 7) is 1.87. The molecule has 0 spiro atoms. The van der Waals surface area contributed by atoms with Crippen LogP contribution in [0.4, 0.5) is 11.4 Å². The van der Waals surface area contributed by atoms with E-state index in [1.54, 1.807) is 24.3 Å². The molecule has 5 rings (SSSR count). The van der Waals surface area contributed by atoms with Crippen molar-refractivity contribution in [1.82, 2.24) is 0 Å². The van der Waals surface area contributed by atoms with Crippen LogP contribution in [0.5, 0.6) is 17.2 Å². The Hall–Kier alpha value is -4.04. The van der Waals surface area contributed by atoms with Gasteiger partial charge in [0.05, 0.1) is 32.7 Å². The molecule has 2 aliphatic rings. The molecule has 8 heteroatoms. The molecule has 2 amide bonds. The number of aryl methyl sites for hydroxylation is 1. The maximum Gasteiger partial charge on any atom is 0.266 e. The van der Waals surface area contributed by atoms with Crippen LogP contribution in [-0.4, -0.2) is 39.2 Å². The lowest BCUT2D eigenvalue weighted by molar-refractivity contribution is -0.126. The van der Waals surface area contributed by atoms with Crippen molar-refractivity contribution in [2.75, 3.05) is 31.3 Å². The zero-order valence-corrected chi connectivity index (χ0v) is 19.9. The van der Waals surface area contributed by atoms with Crippen molar-refractivity contribution in [3.05, 3.63) is 77.9 Å². The molecule has 2 heterocycles. The molecule has 0 radical (unpaired) electrons. The second-order valence-electron chi connectivity index (χ2n) is 8.38. The van der Waals surface area contributed by atoms with E-state index in [0.717, 1.165) is 5.56 Å². The van der Waals surface area contributed by atoms with Gasteiger partial charge in [-0.3, -0.25) is 14.4 Å². The van der Waals surface area contributed by atoms with E-state index in [0.29, 0.717) is 34.2 Å². The van der Waals surface area contributed by atoms with E-state index in [4.69, 9.17) is 19.0 Å². The van der Waals surface area contributed by atoms with Crippen molar-refractivity contribution < 1.29 is 28.6 Å². The fourth-order valence-corrected chi connectivity index (χ4v) is 4.94. The number of nitrogens with zero attached hydrogens (tertiary/aromatic N) is 2. The van der Waals surface area contributed by atoms with Gasteiger partial charge in [-0.15, -0.1) is 0 Å². The van der Waals surface area contributed by atoms with Gasteiger partial charge in [0.15, 0.2) is 17.6 Å². The zero-order chi connectivity index (χ0) is 24.7. The molecule has 0 aliphatic carbocycles. The minimum atomic E-state index is -0.981. The number of hydrogen-bond acceptors (Lipinski definition) is 7. The van der Waals surface area contributed by atoms with Gasteiger partial charge in [0.1, 0.15) is 12.0 Å². The Morgan fingerprint density at radius 1 is 0.771 bits per heavy atom. The smallest absolute Gasteiger partial charge is 0.266 e. The summed E-state index contributed by atoms with van der Waals surface area (Å²) in [6, 6.07) is 19.6. The van der Waals surface area contributed by atoms with Crippen LogP contribution in [-0.2, 0) is 14.4 Å². The number of carbonyl (C=O) groups is 2. The van der Waals surface area contributed by atoms with Gasteiger partial charge < -0.3 is 14.2 Å². The predicted octanol–water partition coefficient (Wildman–Crippen LogP) is 4.07. The van der Waals surface area contributed by atoms with E-state index in [1.165, 1.54) is 19.1 Å². The number of amides is 2. The normalized spacial score (nSPS) is 21.3. The van der Waals surface area contributed by atoms with Gasteiger partial charge in [-0.1, -0.05) is 36.4 Å². The Kier molecular flexibility index (Phi) is 5.82. The molecular formula is C27H26N2O6. The van der Waals surface area contributed by atoms with Crippen LogP contribution in [0.3, 0.4) is 0 Å². The first kappa shape index (κ1) is 22.7. The summed E-state index contributed by atoms with van der Waals surface area (Å²) in [5.74, 6) is -0.209. The number of hydrogen-bond donors (Lipinski definition) is 0. The number of para-hydroxylation sites is 2. The number of anilines is 2. The Bertz CT molecular complexity index is 1280. The van der Waals surface area contributed by atoms with Crippen LogP contribution in [0.1, 0.15) is 17.2 Å². The van der Waals surface area contributed by atoms with Gasteiger partial charge in [0.2, 0.25) is 11.7 Å². The second-order valence-corrected chi connectivity index (χ2v) is 8.38. The van der Waals surface area contributed by atoms with Crippen molar-refractivity contribution in [2.24, 2.45) is 5.92 Å². The first-order valence-electron chi connectivity index (χ1n) is 11.2. The van der Waals surface area contributed by atoms with E-state index in [1.807, 2.05) is 61.5 Å². The van der Waals surface area contributed by atoms with Crippen molar-refractivity contribution in [1.29, 1.82) is 0 Å². The highest BCUT2D eigenvalue weighted by molar-refractivity contribution is 6.24. The first-order valence-corrected chi connectivity index (χ1v) is 11.2. The lowest BCUT2D eigenvalue weighted by Gasteiger charge is -2.30. The summed E-state index contributed by atoms with van der Waals surface area (Å²) in [7, 11) is 4.60. The maximum absolute atomic E-state index is 13.9. The van der Waals surface area contributed by atoms with Crippen molar-refractivity contribution in [2.45, 2.75) is 19.1 Å². The summed E-state index contributed by atoms with van der Waals surface area (Å²) < 4.78 is 16.8. The molecule has 8 nitrogen and oxygen atoms in total. The van der Waals surface area contributed by atoms with E-state index in [2.05, 4.69) is 0 Å². The van der Waals surface area contributed by atoms with Crippen LogP contribution in [0.25, 0.3) is 0 Å². The van der Waals surface area contributed by atoms with Gasteiger partial charge in [-0.25, -0.2) is 9.96 Å². The van der Waals surface area contributed by atoms with Crippen LogP contribution >= 0.6 is 0 Å². The third-order valence-corrected chi connectivity index (χ3v) is 6.54. The number of carbonyl (C=O) groups excluding carboxylic acids is 2. The van der Waals surface area contributed by atoms with E-state index in [-0.39, 0.29) is 5.91 Å². The number of fused-ring (bicyclic) bond motifs is 1. The van der Waals surface area contributed by atoms with Crippen LogP contribution in [0.15, 0.2) is 66.7 Å². The molecule has 3 atom stereocenters. The van der Waals surface area contributed by atoms with Gasteiger partial charge in [0, 0.05) is 5.56 Å². The summed E-state index contributed by atoms with van der Waals surface area (Å²) >= 11 is 0. The fraction of sp³-hybridized carbons (Fsp3) is 0.259. The third kappa shape index (κ3) is 3.49. The molecule has 3 aromatic rings. The summed E-state index contributed by atoms with van der Waals surface area (Å²) in [4.78, 5) is 34.9. The average molecular weight is 475 g/mol. The topological polar surface area (TPSA) is 77.5 Å². The number of ether oxygens (including phenoxy) is 3. The fourth-order valence-electron chi connectivity index (χ4n) is 4.94. The molecule has 0 unspecified atom stereocenters. The van der Waals surface area contributed by atoms with E-state index >= 15 is 0 Å². The molecule has 2 fully saturated rings. The molecule has 3 aromatic carbocycles. The quantitative estimate of drug-likeness (QED) is 0.499. The second kappa shape index (κ2) is 8.96. The van der Waals surface area contributed by atoms with E-state index < -0.39 is 24.0 Å². The Balaban J connectivity index is 1.67. The molecule has 0 N–H and O–H groups in total. The Labute approximate surface area is 203 Å². The van der Waals surface area contributed by atoms with Crippen LogP contribution in [0, 0.1) is 12.8 Å². The largest absolute Gasteiger partial charge is 0.493 e. The van der Waals surface area contributed by atoms with Crippen molar-refractivity contribution in [3.63, 3.8) is 0 Å². The lowest BCUT2D eigenvalue weighted by Crippen LogP contribution is -2.37. The number of benzene rings is 3. The maximum atomic E-state index is 13.9. The highest BCUT2D eigenvalue weighted by Crippen LogP contribution is 2.52. The highest BCUT2D eigenvalue weighted by Gasteiger charge is 2.61. The number of imide groups is 1. The van der Waals surface area contributed by atoms with Gasteiger partial charge in [-0.05, 0) is 42.8 Å². The summed E-state index contributed by atoms with van der Waals surface area (Å²) in [5.41, 5.74) is 2.75. The number of methoxy groups -OCH3 is 3. The van der Waals surface area contributed by atoms with Gasteiger partial charge >= 0.3 is 0 Å². The van der Waals surface area contributed by atoms with Crippen LogP contribution in [0.2, 0.25) is 0 Å². The van der Waals surface area contributed by atoms with Crippen molar-refractivity contribution in [3.8, 4) is 17.2 Å². The number of rotatable bonds is 6. The minimum Gasteiger partial charge on any atom is -0.493 e. The molecule has 35 heavy (non-hydrogen) atoms. The highest BCUT2D eigenvalue weighted by atomic mass is 16.7. The summed E-state index contributed by atoms with van der Waals surface area (Å²) in [6.07, 6.45) is -0.981. The molecular weight excluding hydrogens is 448 g/mol. The summed E-state index contributed by atoms with van der Waals surface area (Å²) in [5, 5.41) is 1.63. The third-order valence-electron chi connectivity index (χ3n) is 6.54. The molecule has 0 saturated carbocycles. The molecule has 2 saturated heterocycles. The minimum absolute atomic E-state index is 0.324. The van der Waals surface area contributed by atoms with Crippen LogP contribution < -0.4 is 24.2 Å². The average Bonchev–Trinajstić information content (AvgIpc) is 3.39.